The minimum absolute atomic E-state index is 0.871. The second-order valence-corrected chi connectivity index (χ2v) is 10.9. The number of rotatable bonds is 12. The monoisotopic (exact) mass is 590 g/mol. The summed E-state index contributed by atoms with van der Waals surface area (Å²) in [7, 11) is 0. The largest absolute Gasteiger partial charge is 0.135 e. The topological polar surface area (TPSA) is 0 Å². The van der Waals surface area contributed by atoms with Gasteiger partial charge < -0.3 is 0 Å². The Labute approximate surface area is 267 Å². The SMILES string of the molecule is C=C/C=c1c(C=C)c(/C=C\C)c(=C/C(=C)C(=C/C)/C=C(\C=C)c2cccc3c(C=C)c(/C=C\C)sc23)/c(=C\C=C)c/1=C/C=C. The summed E-state index contributed by atoms with van der Waals surface area (Å²) < 4.78 is 1.21. The van der Waals surface area contributed by atoms with Crippen LogP contribution in [-0.4, -0.2) is 0 Å². The van der Waals surface area contributed by atoms with Crippen LogP contribution in [0.25, 0.3) is 64.3 Å². The van der Waals surface area contributed by atoms with Gasteiger partial charge in [-0.05, 0) is 98.8 Å². The summed E-state index contributed by atoms with van der Waals surface area (Å²) in [4.78, 5) is 1.20. The normalized spacial score (nSPS) is 14.2. The highest BCUT2D eigenvalue weighted by Gasteiger charge is 2.13. The van der Waals surface area contributed by atoms with Crippen LogP contribution in [0.5, 0.6) is 0 Å². The van der Waals surface area contributed by atoms with Crippen LogP contribution in [0, 0.1) is 0 Å². The van der Waals surface area contributed by atoms with Crippen LogP contribution in [0.15, 0.2) is 124 Å². The zero-order valence-corrected chi connectivity index (χ0v) is 27.1. The van der Waals surface area contributed by atoms with Crippen molar-refractivity contribution in [3.8, 4) is 0 Å². The molecule has 0 atom stereocenters. The van der Waals surface area contributed by atoms with Gasteiger partial charge in [0, 0.05) is 15.0 Å². The quantitative estimate of drug-likeness (QED) is 0.184. The molecule has 3 aromatic rings. The lowest BCUT2D eigenvalue weighted by Crippen LogP contribution is -2.51. The molecule has 44 heavy (non-hydrogen) atoms. The molecule has 0 unspecified atom stereocenters. The van der Waals surface area contributed by atoms with Gasteiger partial charge in [-0.25, -0.2) is 0 Å². The predicted octanol–water partition coefficient (Wildman–Crippen LogP) is 9.71. The average molecular weight is 591 g/mol. The molecule has 0 N–H and O–H groups in total. The maximum Gasteiger partial charge on any atom is 0.0433 e. The molecule has 0 radical (unpaired) electrons. The molecule has 1 heterocycles. The van der Waals surface area contributed by atoms with E-state index in [-0.39, 0.29) is 0 Å². The standard InChI is InChI=1S/C43H42S/c1-11-21-36-33(18-8)37(22-12-2)41(39(24-14-4)38(36)23-13-3)28-30(10)31(16-6)29-32(17-7)35-26-20-27-40-34(19-9)42(25-15-5)44-43(35)40/h11-29H,1,3-4,7-10H2,2,5-6H3/b22-12-,25-15-,31-16+,32-29+,36-21-,38-23+,39-24-,41-28-. The third kappa shape index (κ3) is 6.80. The van der Waals surface area contributed by atoms with Crippen molar-refractivity contribution in [3.05, 3.63) is 172 Å². The number of allylic oxidation sites excluding steroid dienone is 11. The second-order valence-electron chi connectivity index (χ2n) is 9.88. The number of fused-ring (bicyclic) bond motifs is 1. The van der Waals surface area contributed by atoms with E-state index in [4.69, 9.17) is 0 Å². The van der Waals surface area contributed by atoms with Crippen molar-refractivity contribution in [1.82, 2.24) is 0 Å². The lowest BCUT2D eigenvalue weighted by molar-refractivity contribution is 1.35. The van der Waals surface area contributed by atoms with Crippen molar-refractivity contribution in [3.63, 3.8) is 0 Å². The van der Waals surface area contributed by atoms with E-state index in [9.17, 15) is 0 Å². The smallest absolute Gasteiger partial charge is 0.0433 e. The Kier molecular flexibility index (Phi) is 12.2. The highest BCUT2D eigenvalue weighted by Crippen LogP contribution is 2.38. The molecule has 2 aromatic carbocycles. The maximum absolute atomic E-state index is 4.55. The van der Waals surface area contributed by atoms with Crippen LogP contribution in [-0.2, 0) is 0 Å². The summed E-state index contributed by atoms with van der Waals surface area (Å²) in [6.45, 7) is 35.0. The highest BCUT2D eigenvalue weighted by atomic mass is 32.1. The van der Waals surface area contributed by atoms with Crippen LogP contribution in [0.2, 0.25) is 0 Å². The minimum atomic E-state index is 0.871. The Morgan fingerprint density at radius 1 is 0.705 bits per heavy atom. The van der Waals surface area contributed by atoms with E-state index in [0.29, 0.717) is 0 Å². The molecule has 0 aliphatic carbocycles. The van der Waals surface area contributed by atoms with Crippen molar-refractivity contribution in [2.45, 2.75) is 20.8 Å². The Morgan fingerprint density at radius 2 is 1.32 bits per heavy atom. The number of hydrogen-bond donors (Lipinski definition) is 0. The summed E-state index contributed by atoms with van der Waals surface area (Å²) in [5, 5.41) is 5.28. The molecule has 0 saturated carbocycles. The lowest BCUT2D eigenvalue weighted by atomic mass is 9.93. The first kappa shape index (κ1) is 33.5. The van der Waals surface area contributed by atoms with Gasteiger partial charge in [-0.1, -0.05) is 143 Å². The molecule has 220 valence electrons. The van der Waals surface area contributed by atoms with Gasteiger partial charge in [0.15, 0.2) is 0 Å². The van der Waals surface area contributed by atoms with Crippen LogP contribution in [0.1, 0.15) is 47.9 Å². The van der Waals surface area contributed by atoms with Gasteiger partial charge in [-0.2, -0.15) is 0 Å². The fourth-order valence-electron chi connectivity index (χ4n) is 5.39. The molecule has 3 rings (SSSR count). The van der Waals surface area contributed by atoms with Crippen LogP contribution in [0.4, 0.5) is 0 Å². The molecular formula is C43H42S. The number of thiophene rings is 1. The summed E-state index contributed by atoms with van der Waals surface area (Å²) in [6, 6.07) is 6.41. The fourth-order valence-corrected chi connectivity index (χ4v) is 6.70. The van der Waals surface area contributed by atoms with Crippen molar-refractivity contribution < 1.29 is 0 Å². The van der Waals surface area contributed by atoms with Crippen molar-refractivity contribution in [1.29, 1.82) is 0 Å². The number of hydrogen-bond acceptors (Lipinski definition) is 1. The Balaban J connectivity index is 2.41. The van der Waals surface area contributed by atoms with E-state index in [1.54, 1.807) is 23.5 Å². The molecule has 0 amide bonds. The predicted molar refractivity (Wildman–Crippen MR) is 206 cm³/mol. The lowest BCUT2D eigenvalue weighted by Gasteiger charge is -2.11. The Bertz CT molecular complexity index is 2040. The van der Waals surface area contributed by atoms with Gasteiger partial charge in [0.2, 0.25) is 0 Å². The third-order valence-corrected chi connectivity index (χ3v) is 8.50. The molecule has 0 saturated heterocycles. The van der Waals surface area contributed by atoms with Crippen molar-refractivity contribution in [2.75, 3.05) is 0 Å². The van der Waals surface area contributed by atoms with E-state index in [1.165, 1.54) is 15.0 Å². The summed E-state index contributed by atoms with van der Waals surface area (Å²) >= 11 is 1.77. The molecule has 0 bridgehead atoms. The summed E-state index contributed by atoms with van der Waals surface area (Å²) in [6.07, 6.45) is 32.0. The molecular weight excluding hydrogens is 549 g/mol. The number of benzene rings is 2. The van der Waals surface area contributed by atoms with Gasteiger partial charge >= 0.3 is 0 Å². The van der Waals surface area contributed by atoms with Crippen molar-refractivity contribution >= 4 is 75.6 Å². The zero-order chi connectivity index (χ0) is 32.2. The van der Waals surface area contributed by atoms with Gasteiger partial charge in [0.05, 0.1) is 0 Å². The molecule has 0 aliphatic heterocycles. The fraction of sp³-hybridized carbons (Fsp3) is 0.0698. The van der Waals surface area contributed by atoms with E-state index in [1.807, 2.05) is 69.4 Å². The van der Waals surface area contributed by atoms with E-state index < -0.39 is 0 Å². The zero-order valence-electron chi connectivity index (χ0n) is 26.3. The van der Waals surface area contributed by atoms with Gasteiger partial charge in [0.25, 0.3) is 0 Å². The minimum Gasteiger partial charge on any atom is -0.135 e. The molecule has 1 aromatic heterocycles. The molecule has 1 heteroatoms. The summed E-state index contributed by atoms with van der Waals surface area (Å²) in [5.41, 5.74) is 7.24. The van der Waals surface area contributed by atoms with E-state index in [2.05, 4.69) is 101 Å². The molecule has 0 nitrogen and oxygen atoms in total. The first-order valence-electron chi connectivity index (χ1n) is 14.6. The molecule has 0 spiro atoms. The van der Waals surface area contributed by atoms with E-state index in [0.717, 1.165) is 59.8 Å². The first-order chi connectivity index (χ1) is 21.4. The van der Waals surface area contributed by atoms with E-state index >= 15 is 0 Å². The Morgan fingerprint density at radius 3 is 1.86 bits per heavy atom. The average Bonchev–Trinajstić information content (AvgIpc) is 3.39. The molecule has 0 fully saturated rings. The molecule has 0 aliphatic rings. The Hall–Kier alpha value is -4.98. The van der Waals surface area contributed by atoms with Crippen LogP contribution < -0.4 is 20.9 Å². The van der Waals surface area contributed by atoms with Crippen molar-refractivity contribution in [2.24, 2.45) is 0 Å². The summed E-state index contributed by atoms with van der Waals surface area (Å²) in [5.74, 6) is 0. The van der Waals surface area contributed by atoms with Gasteiger partial charge in [0.1, 0.15) is 0 Å². The van der Waals surface area contributed by atoms with Crippen LogP contribution >= 0.6 is 11.3 Å². The third-order valence-electron chi connectivity index (χ3n) is 7.28. The highest BCUT2D eigenvalue weighted by molar-refractivity contribution is 7.20. The maximum atomic E-state index is 4.55. The van der Waals surface area contributed by atoms with Crippen LogP contribution in [0.3, 0.4) is 0 Å². The first-order valence-corrected chi connectivity index (χ1v) is 15.4. The second kappa shape index (κ2) is 16.0. The van der Waals surface area contributed by atoms with Gasteiger partial charge in [-0.3, -0.25) is 0 Å². The van der Waals surface area contributed by atoms with Gasteiger partial charge in [-0.15, -0.1) is 11.3 Å².